The van der Waals surface area contributed by atoms with Crippen molar-refractivity contribution in [1.82, 2.24) is 20.0 Å². The molecule has 0 heterocycles. The molecule has 1 aromatic carbocycles. The fourth-order valence-corrected chi connectivity index (χ4v) is 11.0. The largest absolute Gasteiger partial charge is 0.504 e. The quantitative estimate of drug-likeness (QED) is 0.0380. The van der Waals surface area contributed by atoms with Gasteiger partial charge in [-0.2, -0.15) is 0 Å². The third-order valence-corrected chi connectivity index (χ3v) is 16.0. The Morgan fingerprint density at radius 1 is 0.378 bits per heavy atom. The van der Waals surface area contributed by atoms with Crippen molar-refractivity contribution in [3.05, 3.63) is 23.8 Å². The van der Waals surface area contributed by atoms with Gasteiger partial charge in [0.05, 0.1) is 6.04 Å². The van der Waals surface area contributed by atoms with Gasteiger partial charge in [0.1, 0.15) is 0 Å². The van der Waals surface area contributed by atoms with Crippen molar-refractivity contribution in [2.45, 2.75) is 316 Å². The van der Waals surface area contributed by atoms with E-state index in [9.17, 15) is 15.0 Å². The lowest BCUT2D eigenvalue weighted by molar-refractivity contribution is -0.122. The highest BCUT2D eigenvalue weighted by atomic mass is 16.3. The van der Waals surface area contributed by atoms with Gasteiger partial charge in [0.2, 0.25) is 5.91 Å². The first-order valence-corrected chi connectivity index (χ1v) is 33.1. The summed E-state index contributed by atoms with van der Waals surface area (Å²) >= 11 is 0. The highest BCUT2D eigenvalue weighted by Crippen LogP contribution is 2.25. The molecule has 1 aromatic rings. The summed E-state index contributed by atoms with van der Waals surface area (Å²) in [5.74, 6) is -0.506. The predicted octanol–water partition coefficient (Wildman–Crippen LogP) is 17.8. The lowest BCUT2D eigenvalue weighted by atomic mass is 10.1. The Labute approximate surface area is 461 Å². The monoisotopic (exact) mass is 1040 g/mol. The Hall–Kier alpha value is -1.87. The van der Waals surface area contributed by atoms with E-state index in [1.807, 2.05) is 0 Å². The third kappa shape index (κ3) is 45.2. The number of nitrogens with two attached hydrogens (primary N) is 1. The zero-order valence-electron chi connectivity index (χ0n) is 50.2. The number of unbranched alkanes of at least 4 members (excludes halogenated alkanes) is 36. The van der Waals surface area contributed by atoms with Crippen molar-refractivity contribution >= 4 is 5.91 Å². The molecule has 0 aliphatic heterocycles. The first-order chi connectivity index (χ1) is 36.3. The number of nitrogens with zero attached hydrogens (tertiary/aromatic N) is 3. The van der Waals surface area contributed by atoms with Crippen LogP contribution in [0.1, 0.15) is 309 Å². The van der Waals surface area contributed by atoms with E-state index in [4.69, 9.17) is 5.73 Å². The van der Waals surface area contributed by atoms with E-state index in [1.54, 1.807) is 6.07 Å². The van der Waals surface area contributed by atoms with Crippen LogP contribution in [0.2, 0.25) is 0 Å². The summed E-state index contributed by atoms with van der Waals surface area (Å²) in [7, 11) is 0. The maximum atomic E-state index is 13.1. The number of hydrogen-bond donors (Lipinski definition) is 4. The smallest absolute Gasteiger partial charge is 0.237 e. The molecule has 1 amide bonds. The van der Waals surface area contributed by atoms with Crippen LogP contribution < -0.4 is 11.1 Å². The molecule has 0 aliphatic rings. The lowest BCUT2D eigenvalue weighted by Gasteiger charge is -2.28. The molecule has 0 unspecified atom stereocenters. The van der Waals surface area contributed by atoms with Gasteiger partial charge in [-0.25, -0.2) is 0 Å². The van der Waals surface area contributed by atoms with Crippen LogP contribution in [0.4, 0.5) is 0 Å². The summed E-state index contributed by atoms with van der Waals surface area (Å²) in [6.45, 7) is 20.4. The minimum absolute atomic E-state index is 0.159. The Morgan fingerprint density at radius 2 is 0.635 bits per heavy atom. The van der Waals surface area contributed by atoms with Gasteiger partial charge in [0.15, 0.2) is 11.5 Å². The number of carbonyl (C=O) groups is 1. The Bertz CT molecular complexity index is 1210. The SMILES string of the molecule is CCCCCCCCCCCCN(CCCCCCCCCCCC)CCCN(CCCNC(=O)[C@@H](N)Cc1ccc(O)c(O)c1)CCCN(CCCCCCCCCCCC)CCCCCCCCCCCC. The molecule has 8 nitrogen and oxygen atoms in total. The van der Waals surface area contributed by atoms with Crippen molar-refractivity contribution in [2.24, 2.45) is 5.73 Å². The predicted molar refractivity (Wildman–Crippen MR) is 325 cm³/mol. The van der Waals surface area contributed by atoms with Gasteiger partial charge in [0, 0.05) is 6.54 Å². The van der Waals surface area contributed by atoms with Gasteiger partial charge in [-0.1, -0.05) is 265 Å². The molecule has 0 aromatic heterocycles. The molecule has 8 heteroatoms. The molecule has 1 rings (SSSR count). The number of carbonyl (C=O) groups excluding carboxylic acids is 1. The van der Waals surface area contributed by atoms with Gasteiger partial charge in [0.25, 0.3) is 0 Å². The fraction of sp³-hybridized carbons (Fsp3) is 0.894. The number of phenols is 2. The molecule has 0 fully saturated rings. The average molecular weight is 1040 g/mol. The highest BCUT2D eigenvalue weighted by molar-refractivity contribution is 5.81. The normalized spacial score (nSPS) is 12.3. The van der Waals surface area contributed by atoms with E-state index in [0.717, 1.165) is 31.6 Å². The number of phenolic OH excluding ortho intramolecular Hbond substituents is 2. The van der Waals surface area contributed by atoms with E-state index < -0.39 is 6.04 Å². The maximum Gasteiger partial charge on any atom is 0.237 e. The summed E-state index contributed by atoms with van der Waals surface area (Å²) in [6, 6.07) is 3.95. The van der Waals surface area contributed by atoms with Gasteiger partial charge in [-0.15, -0.1) is 0 Å². The number of rotatable bonds is 59. The van der Waals surface area contributed by atoms with Gasteiger partial charge < -0.3 is 36.0 Å². The second-order valence-corrected chi connectivity index (χ2v) is 23.2. The van der Waals surface area contributed by atoms with Crippen LogP contribution in [0, 0.1) is 0 Å². The molecular formula is C66H129N5O3. The fourth-order valence-electron chi connectivity index (χ4n) is 11.0. The molecule has 436 valence electrons. The topological polar surface area (TPSA) is 105 Å². The van der Waals surface area contributed by atoms with Gasteiger partial charge >= 0.3 is 0 Å². The van der Waals surface area contributed by atoms with E-state index >= 15 is 0 Å². The molecule has 5 N–H and O–H groups in total. The molecule has 74 heavy (non-hydrogen) atoms. The van der Waals surface area contributed by atoms with Crippen molar-refractivity contribution < 1.29 is 15.0 Å². The van der Waals surface area contributed by atoms with Crippen molar-refractivity contribution in [1.29, 1.82) is 0 Å². The van der Waals surface area contributed by atoms with Crippen LogP contribution in [0.15, 0.2) is 18.2 Å². The molecule has 0 radical (unpaired) electrons. The van der Waals surface area contributed by atoms with E-state index in [2.05, 4.69) is 47.7 Å². The molecule has 0 spiro atoms. The highest BCUT2D eigenvalue weighted by Gasteiger charge is 2.16. The second kappa shape index (κ2) is 54.5. The molecular weight excluding hydrogens is 911 g/mol. The van der Waals surface area contributed by atoms with Crippen LogP contribution >= 0.6 is 0 Å². The van der Waals surface area contributed by atoms with E-state index in [1.165, 1.54) is 321 Å². The number of nitrogens with one attached hydrogen (secondary N) is 1. The van der Waals surface area contributed by atoms with Crippen LogP contribution in [0.25, 0.3) is 0 Å². The standard InChI is InChI=1S/C66H129N5O3/c1-5-9-13-17-21-25-29-33-37-41-51-69(52-42-38-34-30-26-22-18-14-10-6-2)56-46-58-71(55-45-50-68-66(74)63(67)60-62-48-49-64(72)65(73)61-62)59-47-57-70(53-43-39-35-31-27-23-19-15-11-7-3)54-44-40-36-32-28-24-20-16-12-8-4/h48-49,61,63,72-73H,5-47,50-60,67H2,1-4H3,(H,68,74)/t63-/m0/s1. The maximum absolute atomic E-state index is 13.1. The zero-order valence-corrected chi connectivity index (χ0v) is 50.2. The minimum atomic E-state index is -0.704. The number of benzene rings is 1. The molecule has 0 bridgehead atoms. The van der Waals surface area contributed by atoms with Crippen LogP contribution in [0.5, 0.6) is 11.5 Å². The van der Waals surface area contributed by atoms with Gasteiger partial charge in [-0.05, 0) is 128 Å². The number of aromatic hydroxyl groups is 2. The van der Waals surface area contributed by atoms with Gasteiger partial charge in [-0.3, -0.25) is 4.79 Å². The first kappa shape index (κ1) is 70.1. The number of hydrogen-bond acceptors (Lipinski definition) is 7. The average Bonchev–Trinajstić information content (AvgIpc) is 3.39. The molecule has 0 saturated carbocycles. The molecule has 0 aliphatic carbocycles. The van der Waals surface area contributed by atoms with Crippen LogP contribution in [-0.2, 0) is 11.2 Å². The lowest BCUT2D eigenvalue weighted by Crippen LogP contribution is -2.43. The second-order valence-electron chi connectivity index (χ2n) is 23.2. The van der Waals surface area contributed by atoms with Crippen LogP contribution in [-0.4, -0.2) is 102 Å². The minimum Gasteiger partial charge on any atom is -0.504 e. The third-order valence-electron chi connectivity index (χ3n) is 16.0. The van der Waals surface area contributed by atoms with E-state index in [-0.39, 0.29) is 17.4 Å². The first-order valence-electron chi connectivity index (χ1n) is 33.1. The summed E-state index contributed by atoms with van der Waals surface area (Å²) in [4.78, 5) is 21.5. The van der Waals surface area contributed by atoms with Crippen molar-refractivity contribution in [3.8, 4) is 11.5 Å². The zero-order chi connectivity index (χ0) is 53.6. The van der Waals surface area contributed by atoms with E-state index in [0.29, 0.717) is 13.0 Å². The molecule has 0 saturated heterocycles. The Morgan fingerprint density at radius 3 is 0.919 bits per heavy atom. The Balaban J connectivity index is 2.89. The summed E-state index contributed by atoms with van der Waals surface area (Å²) in [5, 5.41) is 22.8. The number of amides is 1. The van der Waals surface area contributed by atoms with Crippen molar-refractivity contribution in [2.75, 3.05) is 65.4 Å². The van der Waals surface area contributed by atoms with Crippen LogP contribution in [0.3, 0.4) is 0 Å². The molecule has 1 atom stereocenters. The summed E-state index contributed by atoms with van der Waals surface area (Å²) in [5.41, 5.74) is 7.07. The summed E-state index contributed by atoms with van der Waals surface area (Å²) < 4.78 is 0. The van der Waals surface area contributed by atoms with Crippen molar-refractivity contribution in [3.63, 3.8) is 0 Å². The Kier molecular flexibility index (Phi) is 51.6. The summed E-state index contributed by atoms with van der Waals surface area (Å²) in [6.07, 6.45) is 59.3.